The summed E-state index contributed by atoms with van der Waals surface area (Å²) in [6, 6.07) is -0.231. The van der Waals surface area contributed by atoms with Crippen LogP contribution in [0.2, 0.25) is 5.15 Å². The number of hydrogen-bond donors (Lipinski definition) is 0. The third-order valence-electron chi connectivity index (χ3n) is 5.10. The first-order valence-corrected chi connectivity index (χ1v) is 9.22. The summed E-state index contributed by atoms with van der Waals surface area (Å²) >= 11 is 8.21. The highest BCUT2D eigenvalue weighted by Gasteiger charge is 2.69. The van der Waals surface area contributed by atoms with Crippen molar-refractivity contribution in [1.29, 1.82) is 0 Å². The van der Waals surface area contributed by atoms with Crippen LogP contribution in [0.15, 0.2) is 6.33 Å². The molecule has 2 fully saturated rings. The summed E-state index contributed by atoms with van der Waals surface area (Å²) < 4.78 is 14.6. The first kappa shape index (κ1) is 15.9. The molecule has 1 saturated carbocycles. The Morgan fingerprint density at radius 3 is 2.88 bits per heavy atom. The van der Waals surface area contributed by atoms with Crippen molar-refractivity contribution in [2.24, 2.45) is 11.3 Å². The van der Waals surface area contributed by atoms with Crippen LogP contribution in [-0.2, 0) is 14.3 Å². The standard InChI is InChI=1S/C16H12ClIN4O3/c1-15(2)24-10-9(7-3-4-16(7,5-23)11(10)25-15)22-6-19-8-12(17)20-14(18)21-13(8)22/h5-7,9-11H,1-2H3/t7-,9-,10+,11+,16+/m1/s1. The summed E-state index contributed by atoms with van der Waals surface area (Å²) in [6.45, 7) is 3.69. The second-order valence-electron chi connectivity index (χ2n) is 6.92. The molecular weight excluding hydrogens is 459 g/mol. The van der Waals surface area contributed by atoms with E-state index >= 15 is 0 Å². The summed E-state index contributed by atoms with van der Waals surface area (Å²) in [7, 11) is 0. The van der Waals surface area contributed by atoms with Crippen LogP contribution in [-0.4, -0.2) is 43.8 Å². The second-order valence-corrected chi connectivity index (χ2v) is 8.24. The predicted octanol–water partition coefficient (Wildman–Crippen LogP) is 1.98. The van der Waals surface area contributed by atoms with Crippen LogP contribution >= 0.6 is 34.2 Å². The molecule has 3 heterocycles. The third kappa shape index (κ3) is 1.95. The maximum absolute atomic E-state index is 11.9. The van der Waals surface area contributed by atoms with Crippen LogP contribution in [0, 0.1) is 27.0 Å². The van der Waals surface area contributed by atoms with Gasteiger partial charge in [0.1, 0.15) is 29.4 Å². The summed E-state index contributed by atoms with van der Waals surface area (Å²) in [4.78, 5) is 24.9. The number of carbonyl (C=O) groups is 1. The summed E-state index contributed by atoms with van der Waals surface area (Å²) in [6.07, 6.45) is 1.82. The van der Waals surface area contributed by atoms with E-state index < -0.39 is 17.3 Å². The van der Waals surface area contributed by atoms with Crippen molar-refractivity contribution in [3.05, 3.63) is 15.3 Å². The Bertz CT molecular complexity index is 996. The van der Waals surface area contributed by atoms with E-state index in [4.69, 9.17) is 21.1 Å². The van der Waals surface area contributed by atoms with Crippen LogP contribution < -0.4 is 0 Å². The largest absolute Gasteiger partial charge is 0.342 e. The van der Waals surface area contributed by atoms with Crippen molar-refractivity contribution < 1.29 is 14.3 Å². The van der Waals surface area contributed by atoms with Gasteiger partial charge in [-0.3, -0.25) is 0 Å². The molecule has 128 valence electrons. The minimum atomic E-state index is -0.844. The minimum absolute atomic E-state index is 0.208. The Kier molecular flexibility index (Phi) is 3.13. The summed E-state index contributed by atoms with van der Waals surface area (Å²) in [5.74, 6) is 5.16. The van der Waals surface area contributed by atoms with Crippen LogP contribution in [0.25, 0.3) is 11.2 Å². The van der Waals surface area contributed by atoms with Crippen LogP contribution in [0.5, 0.6) is 0 Å². The Labute approximate surface area is 161 Å². The number of halogens is 2. The molecular formula is C16H12ClIN4O3. The van der Waals surface area contributed by atoms with Crippen molar-refractivity contribution in [1.82, 2.24) is 19.5 Å². The molecule has 0 aromatic carbocycles. The van der Waals surface area contributed by atoms with Gasteiger partial charge in [0.05, 0.1) is 18.3 Å². The Morgan fingerprint density at radius 1 is 1.40 bits per heavy atom. The minimum Gasteiger partial charge on any atom is -0.342 e. The number of hydrogen-bond acceptors (Lipinski definition) is 6. The van der Waals surface area contributed by atoms with Crippen LogP contribution in [0.1, 0.15) is 19.9 Å². The van der Waals surface area contributed by atoms with Gasteiger partial charge < -0.3 is 18.8 Å². The third-order valence-corrected chi connectivity index (χ3v) is 5.85. The molecule has 0 amide bonds. The van der Waals surface area contributed by atoms with Crippen molar-refractivity contribution in [2.45, 2.75) is 37.9 Å². The van der Waals surface area contributed by atoms with E-state index in [-0.39, 0.29) is 18.1 Å². The fourth-order valence-electron chi connectivity index (χ4n) is 4.10. The fraction of sp³-hybridized carbons (Fsp3) is 0.500. The molecule has 1 saturated heterocycles. The molecule has 0 spiro atoms. The number of aromatic nitrogens is 4. The molecule has 5 atom stereocenters. The first-order chi connectivity index (χ1) is 11.9. The van der Waals surface area contributed by atoms with Gasteiger partial charge in [-0.1, -0.05) is 23.4 Å². The molecule has 9 heteroatoms. The number of rotatable bonds is 2. The summed E-state index contributed by atoms with van der Waals surface area (Å²) in [5, 5.41) is 0.299. The van der Waals surface area contributed by atoms with E-state index in [1.807, 2.05) is 41.0 Å². The normalized spacial score (nSPS) is 37.1. The highest BCUT2D eigenvalue weighted by atomic mass is 127. The van der Waals surface area contributed by atoms with E-state index in [0.717, 1.165) is 6.29 Å². The van der Waals surface area contributed by atoms with Crippen molar-refractivity contribution in [3.8, 4) is 11.8 Å². The first-order valence-electron chi connectivity index (χ1n) is 7.76. The zero-order chi connectivity index (χ0) is 17.6. The van der Waals surface area contributed by atoms with Crippen molar-refractivity contribution >= 4 is 51.6 Å². The number of aldehydes is 1. The quantitative estimate of drug-likeness (QED) is 0.220. The van der Waals surface area contributed by atoms with Crippen LogP contribution in [0.4, 0.5) is 0 Å². The number of carbonyl (C=O) groups excluding carboxylic acids is 1. The van der Waals surface area contributed by atoms with Crippen molar-refractivity contribution in [2.75, 3.05) is 0 Å². The number of imidazole rings is 1. The van der Waals surface area contributed by atoms with Gasteiger partial charge in [0, 0.05) is 22.6 Å². The van der Waals surface area contributed by atoms with Gasteiger partial charge in [0.15, 0.2) is 20.4 Å². The molecule has 2 aliphatic carbocycles. The maximum atomic E-state index is 11.9. The average molecular weight is 471 g/mol. The van der Waals surface area contributed by atoms with E-state index in [2.05, 4.69) is 26.8 Å². The van der Waals surface area contributed by atoms with Gasteiger partial charge in [-0.2, -0.15) is 0 Å². The van der Waals surface area contributed by atoms with Gasteiger partial charge >= 0.3 is 0 Å². The molecule has 1 aliphatic heterocycles. The van der Waals surface area contributed by atoms with Gasteiger partial charge in [-0.15, -0.1) is 0 Å². The molecule has 0 unspecified atom stereocenters. The van der Waals surface area contributed by atoms with Gasteiger partial charge in [0.2, 0.25) is 0 Å². The van der Waals surface area contributed by atoms with Gasteiger partial charge in [-0.25, -0.2) is 15.0 Å². The zero-order valence-corrected chi connectivity index (χ0v) is 16.1. The lowest BCUT2D eigenvalue weighted by atomic mass is 9.71. The molecule has 0 N–H and O–H groups in total. The molecule has 3 aliphatic rings. The predicted molar refractivity (Wildman–Crippen MR) is 95.7 cm³/mol. The van der Waals surface area contributed by atoms with Crippen LogP contribution in [0.3, 0.4) is 0 Å². The van der Waals surface area contributed by atoms with Gasteiger partial charge in [0.25, 0.3) is 0 Å². The lowest BCUT2D eigenvalue weighted by Gasteiger charge is -2.35. The van der Waals surface area contributed by atoms with Gasteiger partial charge in [-0.05, 0) is 13.8 Å². The lowest BCUT2D eigenvalue weighted by Crippen LogP contribution is -2.44. The van der Waals surface area contributed by atoms with Crippen molar-refractivity contribution in [3.63, 3.8) is 0 Å². The second kappa shape index (κ2) is 4.91. The number of ether oxygens (including phenoxy) is 2. The SMILES string of the molecule is CC1(C)O[C@H]2[C@H](n3cnc4c(Cl)nc(I)nc43)[C@H]3C#C[C@@]3(C=O)[C@H]2O1. The molecule has 7 nitrogen and oxygen atoms in total. The molecule has 25 heavy (non-hydrogen) atoms. The topological polar surface area (TPSA) is 79.1 Å². The molecule has 5 rings (SSSR count). The Balaban J connectivity index is 1.70. The Hall–Kier alpha value is -1.28. The number of fused-ring (bicyclic) bond motifs is 4. The molecule has 2 aromatic heterocycles. The molecule has 2 aromatic rings. The lowest BCUT2D eigenvalue weighted by molar-refractivity contribution is -0.170. The van der Waals surface area contributed by atoms with E-state index in [0.29, 0.717) is 20.1 Å². The molecule has 0 radical (unpaired) electrons. The highest BCUT2D eigenvalue weighted by molar-refractivity contribution is 14.1. The van der Waals surface area contributed by atoms with E-state index in [9.17, 15) is 4.79 Å². The monoisotopic (exact) mass is 470 g/mol. The average Bonchev–Trinajstić information content (AvgIpc) is 3.09. The fourth-order valence-corrected chi connectivity index (χ4v) is 4.93. The maximum Gasteiger partial charge on any atom is 0.194 e. The zero-order valence-electron chi connectivity index (χ0n) is 13.2. The number of nitrogens with zero attached hydrogens (tertiary/aromatic N) is 4. The summed E-state index contributed by atoms with van der Waals surface area (Å²) in [5.41, 5.74) is 0.286. The Morgan fingerprint density at radius 2 is 2.20 bits per heavy atom. The van der Waals surface area contributed by atoms with E-state index in [1.54, 1.807) is 6.33 Å². The molecule has 0 bridgehead atoms. The van der Waals surface area contributed by atoms with E-state index in [1.165, 1.54) is 0 Å². The highest BCUT2D eigenvalue weighted by Crippen LogP contribution is 2.58. The smallest absolute Gasteiger partial charge is 0.194 e.